The largest absolute Gasteiger partial charge is 0.400 e. The molecule has 0 spiro atoms. The second-order valence-electron chi connectivity index (χ2n) is 3.85. The van der Waals surface area contributed by atoms with Gasteiger partial charge in [0, 0.05) is 27.3 Å². The van der Waals surface area contributed by atoms with Crippen molar-refractivity contribution in [2.75, 3.05) is 47.1 Å². The lowest BCUT2D eigenvalue weighted by Gasteiger charge is -2.26. The lowest BCUT2D eigenvalue weighted by Crippen LogP contribution is -2.36. The van der Waals surface area contributed by atoms with E-state index in [1.165, 1.54) is 19.4 Å². The summed E-state index contributed by atoms with van der Waals surface area (Å²) in [5, 5.41) is 0. The smallest absolute Gasteiger partial charge is 0.320 e. The summed E-state index contributed by atoms with van der Waals surface area (Å²) >= 11 is 0. The number of hydrogen-bond acceptors (Lipinski definition) is 4. The maximum atomic E-state index is 5.30. The van der Waals surface area contributed by atoms with Gasteiger partial charge in [0.2, 0.25) is 0 Å². The first-order chi connectivity index (χ1) is 7.36. The summed E-state index contributed by atoms with van der Waals surface area (Å²) in [6, 6.07) is 1.12. The van der Waals surface area contributed by atoms with Crippen LogP contribution >= 0.6 is 0 Å². The number of morpholine rings is 1. The molecule has 5 heteroatoms. The normalized spacial score (nSPS) is 18.6. The van der Waals surface area contributed by atoms with E-state index < -0.39 is 9.28 Å². The lowest BCUT2D eigenvalue weighted by atomic mass is 10.3. The molecule has 0 aromatic heterocycles. The van der Waals surface area contributed by atoms with E-state index >= 15 is 0 Å². The zero-order valence-electron chi connectivity index (χ0n) is 9.91. The Hall–Kier alpha value is 0.0569. The minimum Gasteiger partial charge on any atom is -0.400 e. The van der Waals surface area contributed by atoms with E-state index in [9.17, 15) is 0 Å². The number of rotatable bonds is 7. The van der Waals surface area contributed by atoms with Gasteiger partial charge in [0.1, 0.15) is 0 Å². The Kier molecular flexibility index (Phi) is 7.21. The third kappa shape index (κ3) is 5.63. The molecule has 1 saturated heterocycles. The van der Waals surface area contributed by atoms with Gasteiger partial charge in [-0.05, 0) is 19.0 Å². The highest BCUT2D eigenvalue weighted by Crippen LogP contribution is 2.05. The quantitative estimate of drug-likeness (QED) is 0.476. The summed E-state index contributed by atoms with van der Waals surface area (Å²) in [6.45, 7) is 5.17. The Balaban J connectivity index is 1.95. The van der Waals surface area contributed by atoms with Crippen LogP contribution in [-0.2, 0) is 13.6 Å². The van der Waals surface area contributed by atoms with Crippen LogP contribution in [0.4, 0.5) is 0 Å². The fraction of sp³-hybridized carbons (Fsp3) is 1.00. The van der Waals surface area contributed by atoms with Gasteiger partial charge in [0.05, 0.1) is 13.2 Å². The molecule has 0 aromatic rings. The molecule has 15 heavy (non-hydrogen) atoms. The first kappa shape index (κ1) is 13.1. The van der Waals surface area contributed by atoms with Gasteiger partial charge in [-0.1, -0.05) is 6.42 Å². The first-order valence-corrected chi connectivity index (χ1v) is 7.48. The molecule has 1 aliphatic rings. The highest BCUT2D eigenvalue weighted by molar-refractivity contribution is 6.44. The van der Waals surface area contributed by atoms with Crippen LogP contribution < -0.4 is 0 Å². The molecule has 0 N–H and O–H groups in total. The number of ether oxygens (including phenoxy) is 1. The van der Waals surface area contributed by atoms with Crippen molar-refractivity contribution in [3.8, 4) is 0 Å². The van der Waals surface area contributed by atoms with Gasteiger partial charge in [-0.2, -0.15) is 0 Å². The van der Waals surface area contributed by atoms with Crippen molar-refractivity contribution in [3.05, 3.63) is 0 Å². The minimum absolute atomic E-state index is 0.896. The average molecular weight is 233 g/mol. The fourth-order valence-electron chi connectivity index (χ4n) is 1.80. The van der Waals surface area contributed by atoms with E-state index in [-0.39, 0.29) is 0 Å². The maximum Gasteiger partial charge on any atom is 0.320 e. The standard InChI is InChI=1S/C10H23NO3Si/c1-12-15(13-2)10-4-3-5-11-6-8-14-9-7-11/h15H,3-10H2,1-2H3. The van der Waals surface area contributed by atoms with E-state index in [1.807, 2.05) is 0 Å². The van der Waals surface area contributed by atoms with E-state index in [4.69, 9.17) is 13.6 Å². The number of nitrogens with zero attached hydrogens (tertiary/aromatic N) is 1. The summed E-state index contributed by atoms with van der Waals surface area (Å²) in [4.78, 5) is 2.47. The van der Waals surface area contributed by atoms with E-state index in [0.717, 1.165) is 32.3 Å². The predicted molar refractivity (Wildman–Crippen MR) is 62.5 cm³/mol. The second kappa shape index (κ2) is 8.24. The molecule has 0 bridgehead atoms. The summed E-state index contributed by atoms with van der Waals surface area (Å²) in [6.07, 6.45) is 2.46. The summed E-state index contributed by atoms with van der Waals surface area (Å²) in [7, 11) is 2.20. The summed E-state index contributed by atoms with van der Waals surface area (Å²) in [5.74, 6) is 0. The molecule has 4 nitrogen and oxygen atoms in total. The monoisotopic (exact) mass is 233 g/mol. The second-order valence-corrected chi connectivity index (χ2v) is 6.23. The van der Waals surface area contributed by atoms with Crippen molar-refractivity contribution in [1.29, 1.82) is 0 Å². The Bertz CT molecular complexity index is 150. The Labute approximate surface area is 94.3 Å². The molecule has 90 valence electrons. The Morgan fingerprint density at radius 1 is 1.13 bits per heavy atom. The number of unbranched alkanes of at least 4 members (excludes halogenated alkanes) is 1. The van der Waals surface area contributed by atoms with Crippen LogP contribution in [0.1, 0.15) is 12.8 Å². The maximum absolute atomic E-state index is 5.30. The summed E-state index contributed by atoms with van der Waals surface area (Å²) < 4.78 is 15.9. The third-order valence-corrected chi connectivity index (χ3v) is 4.72. The van der Waals surface area contributed by atoms with Gasteiger partial charge >= 0.3 is 9.28 Å². The molecule has 1 rings (SSSR count). The van der Waals surface area contributed by atoms with Crippen LogP contribution in [0, 0.1) is 0 Å². The lowest BCUT2D eigenvalue weighted by molar-refractivity contribution is 0.0373. The molecule has 0 aliphatic carbocycles. The van der Waals surface area contributed by atoms with Gasteiger partial charge in [0.25, 0.3) is 0 Å². The molecular weight excluding hydrogens is 210 g/mol. The van der Waals surface area contributed by atoms with Gasteiger partial charge < -0.3 is 13.6 Å². The third-order valence-electron chi connectivity index (χ3n) is 2.79. The van der Waals surface area contributed by atoms with E-state index in [0.29, 0.717) is 0 Å². The van der Waals surface area contributed by atoms with Crippen molar-refractivity contribution in [1.82, 2.24) is 4.90 Å². The van der Waals surface area contributed by atoms with Crippen LogP contribution in [0.15, 0.2) is 0 Å². The highest BCUT2D eigenvalue weighted by atomic mass is 28.3. The first-order valence-electron chi connectivity index (χ1n) is 5.72. The van der Waals surface area contributed by atoms with Gasteiger partial charge in [-0.3, -0.25) is 4.90 Å². The average Bonchev–Trinajstić information content (AvgIpc) is 2.31. The molecule has 0 atom stereocenters. The highest BCUT2D eigenvalue weighted by Gasteiger charge is 2.11. The van der Waals surface area contributed by atoms with Crippen molar-refractivity contribution in [2.24, 2.45) is 0 Å². The zero-order chi connectivity index (χ0) is 10.9. The zero-order valence-corrected chi connectivity index (χ0v) is 11.1. The summed E-state index contributed by atoms with van der Waals surface area (Å²) in [5.41, 5.74) is 0. The van der Waals surface area contributed by atoms with Crippen LogP contribution in [0.5, 0.6) is 0 Å². The fourth-order valence-corrected chi connectivity index (χ4v) is 3.09. The molecule has 1 aliphatic heterocycles. The van der Waals surface area contributed by atoms with Crippen molar-refractivity contribution in [3.63, 3.8) is 0 Å². The SMILES string of the molecule is CO[SiH](CCCCN1CCOCC1)OC. The van der Waals surface area contributed by atoms with Crippen LogP contribution in [-0.4, -0.2) is 61.3 Å². The van der Waals surface area contributed by atoms with Gasteiger partial charge in [0.15, 0.2) is 0 Å². The molecular formula is C10H23NO3Si. The van der Waals surface area contributed by atoms with Crippen LogP contribution in [0.2, 0.25) is 6.04 Å². The molecule has 0 aromatic carbocycles. The predicted octanol–water partition coefficient (Wildman–Crippen LogP) is 0.612. The molecule has 1 heterocycles. The Morgan fingerprint density at radius 2 is 1.80 bits per heavy atom. The Morgan fingerprint density at radius 3 is 2.40 bits per heavy atom. The van der Waals surface area contributed by atoms with Crippen molar-refractivity contribution in [2.45, 2.75) is 18.9 Å². The molecule has 0 radical (unpaired) electrons. The van der Waals surface area contributed by atoms with Crippen molar-refractivity contribution < 1.29 is 13.6 Å². The molecule has 0 saturated carbocycles. The van der Waals surface area contributed by atoms with Crippen LogP contribution in [0.3, 0.4) is 0 Å². The van der Waals surface area contributed by atoms with Gasteiger partial charge in [-0.15, -0.1) is 0 Å². The van der Waals surface area contributed by atoms with Gasteiger partial charge in [-0.25, -0.2) is 0 Å². The molecule has 1 fully saturated rings. The van der Waals surface area contributed by atoms with E-state index in [1.54, 1.807) is 14.2 Å². The van der Waals surface area contributed by atoms with Crippen molar-refractivity contribution >= 4 is 9.28 Å². The number of hydrogen-bond donors (Lipinski definition) is 0. The topological polar surface area (TPSA) is 30.9 Å². The molecule has 0 unspecified atom stereocenters. The van der Waals surface area contributed by atoms with E-state index in [2.05, 4.69) is 4.90 Å². The minimum atomic E-state index is -1.31. The molecule has 0 amide bonds. The van der Waals surface area contributed by atoms with Crippen LogP contribution in [0.25, 0.3) is 0 Å².